The minimum atomic E-state index is -0.403. The molecule has 0 fully saturated rings. The largest absolute Gasteiger partial charge is 0.487 e. The highest BCUT2D eigenvalue weighted by Crippen LogP contribution is 2.23. The molecule has 4 aromatic rings. The predicted molar refractivity (Wildman–Crippen MR) is 121 cm³/mol. The number of aryl methyl sites for hydroxylation is 1. The predicted octanol–water partition coefficient (Wildman–Crippen LogP) is 4.88. The Morgan fingerprint density at radius 2 is 1.87 bits per heavy atom. The van der Waals surface area contributed by atoms with Crippen molar-refractivity contribution in [1.82, 2.24) is 9.38 Å². The van der Waals surface area contributed by atoms with E-state index in [4.69, 9.17) is 16.3 Å². The molecule has 0 atom stereocenters. The molecular formula is C23H19ClN4O3. The van der Waals surface area contributed by atoms with Crippen LogP contribution in [0.2, 0.25) is 5.02 Å². The van der Waals surface area contributed by atoms with Gasteiger partial charge in [-0.15, -0.1) is 0 Å². The van der Waals surface area contributed by atoms with E-state index in [9.17, 15) is 9.59 Å². The lowest BCUT2D eigenvalue weighted by molar-refractivity contribution is 0.262. The van der Waals surface area contributed by atoms with Crippen molar-refractivity contribution in [2.75, 3.05) is 10.6 Å². The van der Waals surface area contributed by atoms with Gasteiger partial charge in [-0.05, 0) is 61.0 Å². The molecule has 2 amide bonds. The van der Waals surface area contributed by atoms with E-state index in [0.717, 1.165) is 5.56 Å². The van der Waals surface area contributed by atoms with E-state index in [-0.39, 0.29) is 12.2 Å². The van der Waals surface area contributed by atoms with E-state index in [1.165, 1.54) is 10.5 Å². The van der Waals surface area contributed by atoms with Gasteiger partial charge in [-0.3, -0.25) is 9.20 Å². The van der Waals surface area contributed by atoms with Crippen LogP contribution in [0.15, 0.2) is 77.7 Å². The van der Waals surface area contributed by atoms with Crippen LogP contribution in [0.3, 0.4) is 0 Å². The van der Waals surface area contributed by atoms with Crippen molar-refractivity contribution in [1.29, 1.82) is 0 Å². The molecule has 2 aromatic carbocycles. The van der Waals surface area contributed by atoms with Crippen molar-refractivity contribution in [3.8, 4) is 5.75 Å². The zero-order chi connectivity index (χ0) is 21.8. The summed E-state index contributed by atoms with van der Waals surface area (Å²) in [5.41, 5.74) is 3.07. The first-order valence-corrected chi connectivity index (χ1v) is 9.90. The number of aromatic nitrogens is 2. The van der Waals surface area contributed by atoms with E-state index in [1.807, 2.05) is 19.1 Å². The molecule has 0 unspecified atom stereocenters. The third-order valence-electron chi connectivity index (χ3n) is 4.50. The molecule has 8 heteroatoms. The highest BCUT2D eigenvalue weighted by molar-refractivity contribution is 6.33. The van der Waals surface area contributed by atoms with Crippen LogP contribution in [0.25, 0.3) is 5.65 Å². The summed E-state index contributed by atoms with van der Waals surface area (Å²) >= 11 is 6.14. The summed E-state index contributed by atoms with van der Waals surface area (Å²) in [4.78, 5) is 28.8. The third kappa shape index (κ3) is 5.02. The lowest BCUT2D eigenvalue weighted by atomic mass is 10.2. The minimum Gasteiger partial charge on any atom is -0.487 e. The Kier molecular flexibility index (Phi) is 5.86. The van der Waals surface area contributed by atoms with Gasteiger partial charge < -0.3 is 15.4 Å². The van der Waals surface area contributed by atoms with Gasteiger partial charge in [0.2, 0.25) is 0 Å². The van der Waals surface area contributed by atoms with E-state index < -0.39 is 6.03 Å². The Hall–Kier alpha value is -3.84. The Morgan fingerprint density at radius 1 is 1.06 bits per heavy atom. The molecule has 0 saturated heterocycles. The van der Waals surface area contributed by atoms with Gasteiger partial charge in [-0.2, -0.15) is 0 Å². The molecule has 0 saturated carbocycles. The molecule has 0 spiro atoms. The van der Waals surface area contributed by atoms with Crippen molar-refractivity contribution in [3.63, 3.8) is 0 Å². The number of halogens is 1. The van der Waals surface area contributed by atoms with E-state index in [0.29, 0.717) is 33.5 Å². The number of hydrogen-bond acceptors (Lipinski definition) is 4. The molecule has 2 heterocycles. The average molecular weight is 435 g/mol. The normalized spacial score (nSPS) is 10.6. The van der Waals surface area contributed by atoms with Crippen molar-refractivity contribution < 1.29 is 9.53 Å². The molecule has 31 heavy (non-hydrogen) atoms. The van der Waals surface area contributed by atoms with Crippen molar-refractivity contribution >= 4 is 34.7 Å². The van der Waals surface area contributed by atoms with Gasteiger partial charge in [0.15, 0.2) is 0 Å². The van der Waals surface area contributed by atoms with Crippen LogP contribution in [-0.4, -0.2) is 15.4 Å². The van der Waals surface area contributed by atoms with E-state index in [2.05, 4.69) is 15.6 Å². The van der Waals surface area contributed by atoms with E-state index >= 15 is 0 Å². The van der Waals surface area contributed by atoms with Gasteiger partial charge in [-0.1, -0.05) is 23.7 Å². The Labute approximate surface area is 183 Å². The number of pyridine rings is 1. The molecule has 156 valence electrons. The highest BCUT2D eigenvalue weighted by atomic mass is 35.5. The van der Waals surface area contributed by atoms with Crippen LogP contribution < -0.4 is 20.9 Å². The smallest absolute Gasteiger partial charge is 0.323 e. The minimum absolute atomic E-state index is 0.153. The number of urea groups is 1. The first-order valence-electron chi connectivity index (χ1n) is 9.52. The maximum absolute atomic E-state index is 12.2. The number of carbonyl (C=O) groups excluding carboxylic acids is 1. The molecule has 7 nitrogen and oxygen atoms in total. The lowest BCUT2D eigenvalue weighted by Crippen LogP contribution is -2.19. The number of carbonyl (C=O) groups is 1. The van der Waals surface area contributed by atoms with Crippen molar-refractivity contribution in [2.45, 2.75) is 13.5 Å². The third-order valence-corrected chi connectivity index (χ3v) is 4.81. The summed E-state index contributed by atoms with van der Waals surface area (Å²) in [6.45, 7) is 2.08. The quantitative estimate of drug-likeness (QED) is 0.469. The van der Waals surface area contributed by atoms with Gasteiger partial charge in [0.1, 0.15) is 18.0 Å². The van der Waals surface area contributed by atoms with Crippen LogP contribution in [0.4, 0.5) is 16.2 Å². The molecule has 4 rings (SSSR count). The number of anilines is 2. The zero-order valence-corrected chi connectivity index (χ0v) is 17.4. The summed E-state index contributed by atoms with van der Waals surface area (Å²) < 4.78 is 7.19. The SMILES string of the molecule is Cc1ccc(NC(=O)Nc2ccc(OCc3cc(=O)n4ccccc4n3)cc2)c(Cl)c1. The monoisotopic (exact) mass is 434 g/mol. The van der Waals surface area contributed by atoms with Crippen molar-refractivity contribution in [2.24, 2.45) is 0 Å². The maximum atomic E-state index is 12.2. The number of ether oxygens (including phenoxy) is 1. The Bertz CT molecular complexity index is 1300. The first-order chi connectivity index (χ1) is 15.0. The van der Waals surface area contributed by atoms with Crippen LogP contribution in [0.5, 0.6) is 5.75 Å². The van der Waals surface area contributed by atoms with Crippen LogP contribution in [0.1, 0.15) is 11.3 Å². The molecule has 2 N–H and O–H groups in total. The molecular weight excluding hydrogens is 416 g/mol. The summed E-state index contributed by atoms with van der Waals surface area (Å²) in [6, 6.07) is 18.7. The molecule has 0 aliphatic heterocycles. The van der Waals surface area contributed by atoms with Crippen LogP contribution in [0, 0.1) is 6.92 Å². The first kappa shape index (κ1) is 20.4. The number of nitrogens with one attached hydrogen (secondary N) is 2. The molecule has 2 aromatic heterocycles. The van der Waals surface area contributed by atoms with Crippen molar-refractivity contribution in [3.05, 3.63) is 99.6 Å². The van der Waals surface area contributed by atoms with E-state index in [1.54, 1.807) is 54.7 Å². The zero-order valence-electron chi connectivity index (χ0n) is 16.6. The second-order valence-electron chi connectivity index (χ2n) is 6.89. The number of fused-ring (bicyclic) bond motifs is 1. The maximum Gasteiger partial charge on any atom is 0.323 e. The van der Waals surface area contributed by atoms with Gasteiger partial charge in [0.25, 0.3) is 5.56 Å². The number of benzene rings is 2. The molecule has 0 bridgehead atoms. The summed E-state index contributed by atoms with van der Waals surface area (Å²) in [7, 11) is 0. The van der Waals surface area contributed by atoms with Gasteiger partial charge in [0, 0.05) is 18.0 Å². The Balaban J connectivity index is 1.36. The fraction of sp³-hybridized carbons (Fsp3) is 0.0870. The summed E-state index contributed by atoms with van der Waals surface area (Å²) in [5.74, 6) is 0.586. The second kappa shape index (κ2) is 8.89. The van der Waals surface area contributed by atoms with Gasteiger partial charge in [0.05, 0.1) is 16.4 Å². The molecule has 0 aliphatic carbocycles. The summed E-state index contributed by atoms with van der Waals surface area (Å²) in [6.07, 6.45) is 1.67. The second-order valence-corrected chi connectivity index (χ2v) is 7.30. The molecule has 0 radical (unpaired) electrons. The number of rotatable bonds is 5. The van der Waals surface area contributed by atoms with Crippen LogP contribution in [-0.2, 0) is 6.61 Å². The topological polar surface area (TPSA) is 84.7 Å². The lowest BCUT2D eigenvalue weighted by Gasteiger charge is -2.11. The standard InChI is InChI=1S/C23H19ClN4O3/c1-15-5-10-20(19(24)12-15)27-23(30)26-16-6-8-18(9-7-16)31-14-17-13-22(29)28-11-3-2-4-21(28)25-17/h2-13H,14H2,1H3,(H2,26,27,30). The number of amides is 2. The average Bonchev–Trinajstić information content (AvgIpc) is 2.75. The van der Waals surface area contributed by atoms with Gasteiger partial charge >= 0.3 is 6.03 Å². The van der Waals surface area contributed by atoms with Crippen LogP contribution >= 0.6 is 11.6 Å². The fourth-order valence-electron chi connectivity index (χ4n) is 2.97. The fourth-order valence-corrected chi connectivity index (χ4v) is 3.26. The van der Waals surface area contributed by atoms with Gasteiger partial charge in [-0.25, -0.2) is 9.78 Å². The Morgan fingerprint density at radius 3 is 2.65 bits per heavy atom. The highest BCUT2D eigenvalue weighted by Gasteiger charge is 2.07. The summed E-state index contributed by atoms with van der Waals surface area (Å²) in [5, 5.41) is 5.93. The molecule has 0 aliphatic rings. The number of hydrogen-bond donors (Lipinski definition) is 2. The number of nitrogens with zero attached hydrogens (tertiary/aromatic N) is 2.